The summed E-state index contributed by atoms with van der Waals surface area (Å²) >= 11 is 0. The highest BCUT2D eigenvalue weighted by molar-refractivity contribution is 6.76. The molecule has 3 heterocycles. The van der Waals surface area contributed by atoms with E-state index >= 15 is 0 Å². The van der Waals surface area contributed by atoms with E-state index in [-0.39, 0.29) is 6.04 Å². The van der Waals surface area contributed by atoms with Gasteiger partial charge in [-0.15, -0.1) is 0 Å². The van der Waals surface area contributed by atoms with Gasteiger partial charge in [0.2, 0.25) is 0 Å². The predicted molar refractivity (Wildman–Crippen MR) is 138 cm³/mol. The number of ether oxygens (including phenoxy) is 1. The fourth-order valence-corrected chi connectivity index (χ4v) is 5.17. The van der Waals surface area contributed by atoms with Crippen LogP contribution in [-0.2, 0) is 18.0 Å². The lowest BCUT2D eigenvalue weighted by atomic mass is 9.89. The van der Waals surface area contributed by atoms with Crippen LogP contribution in [0.5, 0.6) is 0 Å². The van der Waals surface area contributed by atoms with Crippen molar-refractivity contribution in [2.75, 3.05) is 19.7 Å². The van der Waals surface area contributed by atoms with Gasteiger partial charge in [-0.3, -0.25) is 4.90 Å². The second-order valence-corrected chi connectivity index (χ2v) is 16.2. The molecule has 0 aliphatic carbocycles. The molecule has 0 bridgehead atoms. The van der Waals surface area contributed by atoms with Gasteiger partial charge in [0.15, 0.2) is 0 Å². The Morgan fingerprint density at radius 1 is 1.18 bits per heavy atom. The first kappa shape index (κ1) is 24.5. The molecule has 0 amide bonds. The van der Waals surface area contributed by atoms with Gasteiger partial charge in [-0.1, -0.05) is 31.8 Å². The molecule has 1 atom stereocenters. The maximum absolute atomic E-state index is 8.97. The number of piperidine rings is 1. The van der Waals surface area contributed by atoms with Crippen molar-refractivity contribution in [3.8, 4) is 6.07 Å². The zero-order valence-electron chi connectivity index (χ0n) is 20.6. The molecule has 0 saturated carbocycles. The number of nitrogens with two attached hydrogens (primary N) is 1. The first-order valence-electron chi connectivity index (χ1n) is 12.2. The van der Waals surface area contributed by atoms with Crippen LogP contribution in [0.3, 0.4) is 0 Å². The second-order valence-electron chi connectivity index (χ2n) is 10.6. The standard InChI is InChI=1S/C26H36N6OSi/c1-34(2,3)15-14-33-19-32-13-10-23-17-29-25(30-26(23)32)24(28)22-8-11-31(12-9-22)18-21-6-4-20(16-27)5-7-21/h4-7,10,13,17,22,24H,8-9,11-12,14-15,18-19,28H2,1-3H3. The number of aromatic nitrogens is 3. The van der Waals surface area contributed by atoms with Crippen LogP contribution in [0.1, 0.15) is 35.8 Å². The summed E-state index contributed by atoms with van der Waals surface area (Å²) in [7, 11) is -1.10. The van der Waals surface area contributed by atoms with Gasteiger partial charge in [0.1, 0.15) is 18.2 Å². The fourth-order valence-electron chi connectivity index (χ4n) is 4.41. The first-order valence-corrected chi connectivity index (χ1v) is 15.9. The lowest BCUT2D eigenvalue weighted by Crippen LogP contribution is -2.37. The predicted octanol–water partition coefficient (Wildman–Crippen LogP) is 4.53. The van der Waals surface area contributed by atoms with Crippen LogP contribution in [-0.4, -0.2) is 47.2 Å². The number of rotatable bonds is 9. The molecule has 1 saturated heterocycles. The van der Waals surface area contributed by atoms with Crippen molar-refractivity contribution in [2.24, 2.45) is 11.7 Å². The number of likely N-dealkylation sites (tertiary alicyclic amines) is 1. The Kier molecular flexibility index (Phi) is 7.79. The molecule has 1 aromatic carbocycles. The number of hydrogen-bond acceptors (Lipinski definition) is 6. The molecular weight excluding hydrogens is 440 g/mol. The normalized spacial score (nSPS) is 16.6. The van der Waals surface area contributed by atoms with Crippen LogP contribution in [0.2, 0.25) is 25.7 Å². The van der Waals surface area contributed by atoms with Crippen molar-refractivity contribution in [3.63, 3.8) is 0 Å². The molecule has 1 aliphatic rings. The van der Waals surface area contributed by atoms with Crippen LogP contribution in [0.4, 0.5) is 0 Å². The van der Waals surface area contributed by atoms with Gasteiger partial charge in [0, 0.05) is 39.0 Å². The largest absolute Gasteiger partial charge is 0.361 e. The number of fused-ring (bicyclic) bond motifs is 1. The summed E-state index contributed by atoms with van der Waals surface area (Å²) in [5.74, 6) is 1.09. The molecule has 2 N–H and O–H groups in total. The number of nitrogens with zero attached hydrogens (tertiary/aromatic N) is 5. The Hall–Kier alpha value is -2.57. The van der Waals surface area contributed by atoms with E-state index in [2.05, 4.69) is 40.2 Å². The molecule has 3 aromatic rings. The lowest BCUT2D eigenvalue weighted by Gasteiger charge is -2.34. The quantitative estimate of drug-likeness (QED) is 0.360. The van der Waals surface area contributed by atoms with Gasteiger partial charge in [-0.05, 0) is 61.7 Å². The Bertz CT molecular complexity index is 1120. The van der Waals surface area contributed by atoms with E-state index in [1.54, 1.807) is 0 Å². The molecule has 0 spiro atoms. The number of hydrogen-bond donors (Lipinski definition) is 1. The van der Waals surface area contributed by atoms with E-state index in [4.69, 9.17) is 20.7 Å². The third-order valence-corrected chi connectivity index (χ3v) is 8.38. The summed E-state index contributed by atoms with van der Waals surface area (Å²) in [6.45, 7) is 11.3. The van der Waals surface area contributed by atoms with Gasteiger partial charge in [0.25, 0.3) is 0 Å². The molecule has 8 heteroatoms. The molecule has 1 fully saturated rings. The lowest BCUT2D eigenvalue weighted by molar-refractivity contribution is 0.0898. The molecule has 34 heavy (non-hydrogen) atoms. The Labute approximate surface area is 203 Å². The second kappa shape index (κ2) is 10.8. The highest BCUT2D eigenvalue weighted by atomic mass is 28.3. The molecule has 0 radical (unpaired) electrons. The average molecular weight is 477 g/mol. The molecule has 1 aliphatic heterocycles. The topological polar surface area (TPSA) is 93.0 Å². The maximum atomic E-state index is 8.97. The molecule has 180 valence electrons. The monoisotopic (exact) mass is 476 g/mol. The minimum Gasteiger partial charge on any atom is -0.361 e. The van der Waals surface area contributed by atoms with Gasteiger partial charge in [-0.2, -0.15) is 5.26 Å². The summed E-state index contributed by atoms with van der Waals surface area (Å²) in [6.07, 6.45) is 5.96. The molecule has 4 rings (SSSR count). The van der Waals surface area contributed by atoms with Gasteiger partial charge in [0.05, 0.1) is 17.7 Å². The van der Waals surface area contributed by atoms with E-state index in [0.717, 1.165) is 62.0 Å². The van der Waals surface area contributed by atoms with Gasteiger partial charge in [-0.25, -0.2) is 9.97 Å². The van der Waals surface area contributed by atoms with Crippen LogP contribution < -0.4 is 5.73 Å². The van der Waals surface area contributed by atoms with E-state index in [9.17, 15) is 0 Å². The molecule has 1 unspecified atom stereocenters. The van der Waals surface area contributed by atoms with E-state index in [0.29, 0.717) is 18.2 Å². The smallest absolute Gasteiger partial charge is 0.147 e. The number of nitriles is 1. The van der Waals surface area contributed by atoms with Crippen LogP contribution >= 0.6 is 0 Å². The van der Waals surface area contributed by atoms with Crippen LogP contribution in [0.25, 0.3) is 11.0 Å². The maximum Gasteiger partial charge on any atom is 0.147 e. The van der Waals surface area contributed by atoms with E-state index < -0.39 is 8.07 Å². The SMILES string of the molecule is C[Si](C)(C)CCOCn1ccc2cnc(C(N)C3CCN(Cc4ccc(C#N)cc4)CC3)nc21. The highest BCUT2D eigenvalue weighted by Gasteiger charge is 2.27. The van der Waals surface area contributed by atoms with Crippen LogP contribution in [0, 0.1) is 17.2 Å². The van der Waals surface area contributed by atoms with E-state index in [1.165, 1.54) is 5.56 Å². The zero-order valence-corrected chi connectivity index (χ0v) is 21.6. The van der Waals surface area contributed by atoms with Crippen molar-refractivity contribution in [1.29, 1.82) is 5.26 Å². The Morgan fingerprint density at radius 2 is 1.91 bits per heavy atom. The Morgan fingerprint density at radius 3 is 2.59 bits per heavy atom. The summed E-state index contributed by atoms with van der Waals surface area (Å²) in [5, 5.41) is 9.99. The van der Waals surface area contributed by atoms with Gasteiger partial charge >= 0.3 is 0 Å². The van der Waals surface area contributed by atoms with E-state index in [1.807, 2.05) is 42.7 Å². The molecule has 2 aromatic heterocycles. The summed E-state index contributed by atoms with van der Waals surface area (Å²) in [5.41, 5.74) is 9.51. The summed E-state index contributed by atoms with van der Waals surface area (Å²) < 4.78 is 7.99. The van der Waals surface area contributed by atoms with Crippen LogP contribution in [0.15, 0.2) is 42.7 Å². The third-order valence-electron chi connectivity index (χ3n) is 6.67. The average Bonchev–Trinajstić information content (AvgIpc) is 3.24. The van der Waals surface area contributed by atoms with Gasteiger partial charge < -0.3 is 15.0 Å². The molecule has 7 nitrogen and oxygen atoms in total. The third kappa shape index (κ3) is 6.30. The minimum atomic E-state index is -1.10. The van der Waals surface area contributed by atoms with Crippen molar-refractivity contribution in [1.82, 2.24) is 19.4 Å². The Balaban J connectivity index is 1.33. The van der Waals surface area contributed by atoms with Crippen molar-refractivity contribution in [2.45, 2.75) is 57.8 Å². The van der Waals surface area contributed by atoms with Crippen molar-refractivity contribution < 1.29 is 4.74 Å². The minimum absolute atomic E-state index is 0.169. The first-order chi connectivity index (χ1) is 16.3. The summed E-state index contributed by atoms with van der Waals surface area (Å²) in [6, 6.07) is 13.1. The number of benzene rings is 1. The zero-order chi connectivity index (χ0) is 24.1. The highest BCUT2D eigenvalue weighted by Crippen LogP contribution is 2.29. The molecular formula is C26H36N6OSi. The fraction of sp³-hybridized carbons (Fsp3) is 0.500. The summed E-state index contributed by atoms with van der Waals surface area (Å²) in [4.78, 5) is 11.9. The van der Waals surface area contributed by atoms with Crippen molar-refractivity contribution >= 4 is 19.1 Å². The van der Waals surface area contributed by atoms with Crippen molar-refractivity contribution in [3.05, 3.63) is 59.7 Å².